The average Bonchev–Trinajstić information content (AvgIpc) is 3.15. The van der Waals surface area contributed by atoms with Gasteiger partial charge in [-0.15, -0.1) is 0 Å². The van der Waals surface area contributed by atoms with Crippen LogP contribution in [0.25, 0.3) is 22.2 Å². The molecule has 2 aromatic carbocycles. The Morgan fingerprint density at radius 1 is 0.939 bits per heavy atom. The highest BCUT2D eigenvalue weighted by atomic mass is 19.3. The number of para-hydroxylation sites is 1. The number of alkyl halides is 4. The molecule has 0 N–H and O–H groups in total. The minimum atomic E-state index is -3.00. The molecule has 0 radical (unpaired) electrons. The lowest BCUT2D eigenvalue weighted by atomic mass is 10.1. The van der Waals surface area contributed by atoms with Crippen LogP contribution in [0, 0.1) is 0 Å². The van der Waals surface area contributed by atoms with Crippen LogP contribution in [0.4, 0.5) is 17.6 Å². The molecule has 10 heteroatoms. The Kier molecular flexibility index (Phi) is 6.74. The van der Waals surface area contributed by atoms with Crippen LogP contribution >= 0.6 is 0 Å². The lowest BCUT2D eigenvalue weighted by Crippen LogP contribution is -2.11. The number of fused-ring (bicyclic) bond motifs is 1. The smallest absolute Gasteiger partial charge is 0.387 e. The number of pyridine rings is 1. The number of hydrogen-bond donors (Lipinski definition) is 0. The third kappa shape index (κ3) is 5.23. The van der Waals surface area contributed by atoms with E-state index in [-0.39, 0.29) is 18.1 Å². The summed E-state index contributed by atoms with van der Waals surface area (Å²) in [5, 5.41) is 0. The number of halogens is 4. The van der Waals surface area contributed by atoms with Crippen LogP contribution in [-0.4, -0.2) is 34.9 Å². The Bertz CT molecular complexity index is 1230. The van der Waals surface area contributed by atoms with E-state index in [0.29, 0.717) is 22.5 Å². The molecule has 0 spiro atoms. The number of imidazole rings is 1. The first kappa shape index (κ1) is 22.5. The number of hydrogen-bond acceptors (Lipinski definition) is 5. The minimum Gasteiger partial charge on any atom is -0.481 e. The summed E-state index contributed by atoms with van der Waals surface area (Å²) in [5.41, 5.74) is 3.20. The summed E-state index contributed by atoms with van der Waals surface area (Å²) in [6.45, 7) is -6.37. The first-order valence-corrected chi connectivity index (χ1v) is 9.86. The van der Waals surface area contributed by atoms with Crippen molar-refractivity contribution < 1.29 is 31.8 Å². The SMILES string of the molecule is COc1ccc(-c2ccc3nc(COC(F)F)n(Cc4ccccc4OC(F)F)c3c2)cn1. The molecular weight excluding hydrogens is 442 g/mol. The van der Waals surface area contributed by atoms with Gasteiger partial charge in [0.15, 0.2) is 0 Å². The van der Waals surface area contributed by atoms with Gasteiger partial charge < -0.3 is 18.8 Å². The third-order valence-corrected chi connectivity index (χ3v) is 4.96. The Morgan fingerprint density at radius 3 is 2.42 bits per heavy atom. The second-order valence-corrected chi connectivity index (χ2v) is 6.96. The van der Waals surface area contributed by atoms with Crippen LogP contribution in [0.3, 0.4) is 0 Å². The quantitative estimate of drug-likeness (QED) is 0.308. The molecule has 0 bridgehead atoms. The zero-order chi connectivity index (χ0) is 23.4. The van der Waals surface area contributed by atoms with Gasteiger partial charge in [-0.05, 0) is 29.8 Å². The van der Waals surface area contributed by atoms with Crippen molar-refractivity contribution in [2.75, 3.05) is 7.11 Å². The summed E-state index contributed by atoms with van der Waals surface area (Å²) in [6.07, 6.45) is 1.65. The molecule has 6 nitrogen and oxygen atoms in total. The maximum absolute atomic E-state index is 12.9. The van der Waals surface area contributed by atoms with Crippen molar-refractivity contribution in [2.24, 2.45) is 0 Å². The van der Waals surface area contributed by atoms with E-state index in [4.69, 9.17) is 4.74 Å². The topological polar surface area (TPSA) is 58.4 Å². The zero-order valence-electron chi connectivity index (χ0n) is 17.4. The van der Waals surface area contributed by atoms with Gasteiger partial charge >= 0.3 is 13.2 Å². The van der Waals surface area contributed by atoms with Crippen LogP contribution in [0.1, 0.15) is 11.4 Å². The van der Waals surface area contributed by atoms with E-state index in [1.54, 1.807) is 41.1 Å². The molecule has 4 aromatic rings. The predicted molar refractivity (Wildman–Crippen MR) is 112 cm³/mol. The number of rotatable bonds is 9. The zero-order valence-corrected chi connectivity index (χ0v) is 17.4. The maximum Gasteiger partial charge on any atom is 0.387 e. The lowest BCUT2D eigenvalue weighted by molar-refractivity contribution is -0.139. The normalized spacial score (nSPS) is 11.5. The molecule has 0 aliphatic rings. The summed E-state index contributed by atoms with van der Waals surface area (Å²) in [4.78, 5) is 8.62. The van der Waals surface area contributed by atoms with Crippen LogP contribution in [0.2, 0.25) is 0 Å². The van der Waals surface area contributed by atoms with Gasteiger partial charge in [-0.25, -0.2) is 9.97 Å². The second kappa shape index (κ2) is 9.86. The molecule has 0 saturated heterocycles. The number of methoxy groups -OCH3 is 1. The predicted octanol–water partition coefficient (Wildman–Crippen LogP) is 5.50. The lowest BCUT2D eigenvalue weighted by Gasteiger charge is -2.14. The molecule has 0 atom stereocenters. The Labute approximate surface area is 186 Å². The van der Waals surface area contributed by atoms with Gasteiger partial charge in [0.2, 0.25) is 5.88 Å². The fraction of sp³-hybridized carbons (Fsp3) is 0.217. The standard InChI is InChI=1S/C23H19F4N3O3/c1-31-21-9-7-15(11-28-21)14-6-8-17-18(10-14)30(20(29-17)13-32-22(24)25)12-16-4-2-3-5-19(16)33-23(26)27/h2-11,22-23H,12-13H2,1H3. The van der Waals surface area contributed by atoms with E-state index in [2.05, 4.69) is 19.4 Å². The molecule has 4 rings (SSSR count). The monoisotopic (exact) mass is 461 g/mol. The first-order valence-electron chi connectivity index (χ1n) is 9.86. The van der Waals surface area contributed by atoms with Gasteiger partial charge in [-0.2, -0.15) is 17.6 Å². The van der Waals surface area contributed by atoms with E-state index in [1.165, 1.54) is 13.2 Å². The Hall–Kier alpha value is -3.66. The fourth-order valence-corrected chi connectivity index (χ4v) is 3.46. The molecule has 2 aromatic heterocycles. The molecule has 172 valence electrons. The Balaban J connectivity index is 1.78. The highest BCUT2D eigenvalue weighted by Gasteiger charge is 2.17. The molecule has 0 fully saturated rings. The van der Waals surface area contributed by atoms with Gasteiger partial charge in [0, 0.05) is 23.4 Å². The van der Waals surface area contributed by atoms with E-state index >= 15 is 0 Å². The average molecular weight is 461 g/mol. The highest BCUT2D eigenvalue weighted by Crippen LogP contribution is 2.29. The molecule has 0 saturated carbocycles. The van der Waals surface area contributed by atoms with Crippen molar-refractivity contribution in [3.63, 3.8) is 0 Å². The highest BCUT2D eigenvalue weighted by molar-refractivity contribution is 5.82. The van der Waals surface area contributed by atoms with Gasteiger partial charge in [0.1, 0.15) is 18.2 Å². The molecule has 0 amide bonds. The van der Waals surface area contributed by atoms with E-state index in [1.807, 2.05) is 18.2 Å². The third-order valence-electron chi connectivity index (χ3n) is 4.96. The van der Waals surface area contributed by atoms with Gasteiger partial charge in [-0.1, -0.05) is 24.3 Å². The minimum absolute atomic E-state index is 0.00872. The molecule has 0 unspecified atom stereocenters. The van der Waals surface area contributed by atoms with Crippen molar-refractivity contribution in [2.45, 2.75) is 26.4 Å². The van der Waals surface area contributed by atoms with Crippen LogP contribution < -0.4 is 9.47 Å². The van der Waals surface area contributed by atoms with Crippen LogP contribution in [-0.2, 0) is 17.9 Å². The van der Waals surface area contributed by atoms with Crippen molar-refractivity contribution in [3.05, 3.63) is 72.2 Å². The number of ether oxygens (including phenoxy) is 3. The van der Waals surface area contributed by atoms with E-state index in [0.717, 1.165) is 11.1 Å². The molecule has 33 heavy (non-hydrogen) atoms. The van der Waals surface area contributed by atoms with E-state index in [9.17, 15) is 17.6 Å². The molecular formula is C23H19F4N3O3. The van der Waals surface area contributed by atoms with Crippen LogP contribution in [0.15, 0.2) is 60.8 Å². The molecule has 2 heterocycles. The first-order chi connectivity index (χ1) is 15.9. The summed E-state index contributed by atoms with van der Waals surface area (Å²) >= 11 is 0. The number of aromatic nitrogens is 3. The van der Waals surface area contributed by atoms with Crippen LogP contribution in [0.5, 0.6) is 11.6 Å². The summed E-state index contributed by atoms with van der Waals surface area (Å²) < 4.78 is 67.0. The van der Waals surface area contributed by atoms with Crippen molar-refractivity contribution in [3.8, 4) is 22.8 Å². The number of nitrogens with zero attached hydrogens (tertiary/aromatic N) is 3. The molecule has 0 aliphatic heterocycles. The fourth-order valence-electron chi connectivity index (χ4n) is 3.46. The van der Waals surface area contributed by atoms with E-state index < -0.39 is 19.8 Å². The maximum atomic E-state index is 12.9. The summed E-state index contributed by atoms with van der Waals surface area (Å²) in [5.74, 6) is 0.680. The second-order valence-electron chi connectivity index (χ2n) is 6.96. The Morgan fingerprint density at radius 2 is 1.73 bits per heavy atom. The van der Waals surface area contributed by atoms with Crippen molar-refractivity contribution in [1.82, 2.24) is 14.5 Å². The van der Waals surface area contributed by atoms with Gasteiger partial charge in [-0.3, -0.25) is 0 Å². The number of benzene rings is 2. The van der Waals surface area contributed by atoms with Gasteiger partial charge in [0.05, 0.1) is 24.7 Å². The van der Waals surface area contributed by atoms with Crippen molar-refractivity contribution in [1.29, 1.82) is 0 Å². The summed E-state index contributed by atoms with van der Waals surface area (Å²) in [6, 6.07) is 15.3. The molecule has 0 aliphatic carbocycles. The van der Waals surface area contributed by atoms with Crippen molar-refractivity contribution >= 4 is 11.0 Å². The largest absolute Gasteiger partial charge is 0.481 e. The van der Waals surface area contributed by atoms with Gasteiger partial charge in [0.25, 0.3) is 0 Å². The summed E-state index contributed by atoms with van der Waals surface area (Å²) in [7, 11) is 1.52.